The molecule has 0 aliphatic carbocycles. The van der Waals surface area contributed by atoms with Crippen LogP contribution < -0.4 is 0 Å². The van der Waals surface area contributed by atoms with E-state index in [4.69, 9.17) is 0 Å². The molecular weight excluding hydrogens is 476 g/mol. The van der Waals surface area contributed by atoms with E-state index < -0.39 is 39.9 Å². The van der Waals surface area contributed by atoms with Crippen molar-refractivity contribution in [3.05, 3.63) is 67.8 Å². The second-order valence-electron chi connectivity index (χ2n) is 5.32. The number of nitro benzene ring substituents is 2. The van der Waals surface area contributed by atoms with Gasteiger partial charge in [0.05, 0.1) is 19.6 Å². The molecule has 2 rings (SSSR count). The van der Waals surface area contributed by atoms with Crippen LogP contribution >= 0.6 is 0 Å². The van der Waals surface area contributed by atoms with Gasteiger partial charge in [-0.2, -0.15) is 0 Å². The Morgan fingerprint density at radius 1 is 0.690 bits per heavy atom. The standard InChI is InChI=1S/2C7H7NO5S.Fe/c2*1-5-4-6(8(9)10)2-3-7(5)14(11,12)13;/h2*2-4H,1H3,(H,11,12,13);/q;;+2/p-2. The Balaban J connectivity index is 0.000000523. The Labute approximate surface area is 175 Å². The predicted molar refractivity (Wildman–Crippen MR) is 91.6 cm³/mol. The average molecular weight is 488 g/mol. The summed E-state index contributed by atoms with van der Waals surface area (Å²) in [5, 5.41) is 20.6. The van der Waals surface area contributed by atoms with Crippen LogP contribution in [-0.4, -0.2) is 35.8 Å². The Morgan fingerprint density at radius 3 is 1.14 bits per heavy atom. The quantitative estimate of drug-likeness (QED) is 0.263. The second kappa shape index (κ2) is 9.86. The maximum Gasteiger partial charge on any atom is 2.00 e. The molecule has 29 heavy (non-hydrogen) atoms. The Kier molecular flexibility index (Phi) is 9.04. The monoisotopic (exact) mass is 488 g/mol. The third-order valence-corrected chi connectivity index (χ3v) is 5.27. The second-order valence-corrected chi connectivity index (χ2v) is 8.02. The van der Waals surface area contributed by atoms with Gasteiger partial charge in [-0.05, 0) is 37.1 Å². The summed E-state index contributed by atoms with van der Waals surface area (Å²) < 4.78 is 63.7. The molecule has 0 heterocycles. The van der Waals surface area contributed by atoms with Gasteiger partial charge in [-0.15, -0.1) is 0 Å². The van der Waals surface area contributed by atoms with E-state index in [2.05, 4.69) is 0 Å². The van der Waals surface area contributed by atoms with Gasteiger partial charge >= 0.3 is 17.1 Å². The molecule has 0 N–H and O–H groups in total. The topological polar surface area (TPSA) is 201 Å². The van der Waals surface area contributed by atoms with Crippen LogP contribution in [0.2, 0.25) is 0 Å². The zero-order chi connectivity index (χ0) is 21.9. The molecule has 0 saturated carbocycles. The van der Waals surface area contributed by atoms with Crippen molar-refractivity contribution in [3.63, 3.8) is 0 Å². The normalized spacial score (nSPS) is 10.9. The average Bonchev–Trinajstić information content (AvgIpc) is 2.52. The molecule has 0 aromatic heterocycles. The van der Waals surface area contributed by atoms with Crippen molar-refractivity contribution in [3.8, 4) is 0 Å². The Hall–Kier alpha value is -2.42. The van der Waals surface area contributed by atoms with Crippen LogP contribution in [0, 0.1) is 34.1 Å². The fraction of sp³-hybridized carbons (Fsp3) is 0.143. The zero-order valence-electron chi connectivity index (χ0n) is 14.6. The number of aryl methyl sites for hydroxylation is 2. The number of nitrogens with zero attached hydrogens (tertiary/aromatic N) is 2. The van der Waals surface area contributed by atoms with E-state index in [0.717, 1.165) is 36.4 Å². The van der Waals surface area contributed by atoms with Gasteiger partial charge in [0.15, 0.2) is 0 Å². The SMILES string of the molecule is Cc1cc([N+](=O)[O-])ccc1S(=O)(=O)[O-].Cc1cc([N+](=O)[O-])ccc1S(=O)(=O)[O-].[Fe+2]. The van der Waals surface area contributed by atoms with Crippen LogP contribution in [0.5, 0.6) is 0 Å². The first kappa shape index (κ1) is 26.6. The molecule has 2 aromatic carbocycles. The largest absolute Gasteiger partial charge is 2.00 e. The fourth-order valence-corrected chi connectivity index (χ4v) is 3.43. The van der Waals surface area contributed by atoms with Crippen LogP contribution in [0.25, 0.3) is 0 Å². The molecule has 0 atom stereocenters. The van der Waals surface area contributed by atoms with Crippen molar-refractivity contribution in [2.75, 3.05) is 0 Å². The summed E-state index contributed by atoms with van der Waals surface area (Å²) in [5.41, 5.74) is -0.326. The first-order chi connectivity index (χ1) is 12.6. The van der Waals surface area contributed by atoms with Crippen LogP contribution in [0.1, 0.15) is 11.1 Å². The number of hydrogen-bond acceptors (Lipinski definition) is 10. The summed E-state index contributed by atoms with van der Waals surface area (Å²) in [5.74, 6) is 0. The van der Waals surface area contributed by atoms with Crippen LogP contribution in [-0.2, 0) is 37.3 Å². The molecule has 158 valence electrons. The van der Waals surface area contributed by atoms with Crippen molar-refractivity contribution in [2.45, 2.75) is 23.6 Å². The van der Waals surface area contributed by atoms with Crippen LogP contribution in [0.3, 0.4) is 0 Å². The summed E-state index contributed by atoms with van der Waals surface area (Å²) in [6.45, 7) is 2.66. The van der Waals surface area contributed by atoms with E-state index in [0.29, 0.717) is 0 Å². The molecule has 12 nitrogen and oxygen atoms in total. The van der Waals surface area contributed by atoms with Crippen molar-refractivity contribution in [1.29, 1.82) is 0 Å². The Morgan fingerprint density at radius 2 is 0.966 bits per heavy atom. The summed E-state index contributed by atoms with van der Waals surface area (Å²) >= 11 is 0. The van der Waals surface area contributed by atoms with Gasteiger partial charge in [0.2, 0.25) is 0 Å². The number of nitro groups is 2. The Bertz CT molecular complexity index is 1060. The van der Waals surface area contributed by atoms with Gasteiger partial charge in [0.1, 0.15) is 20.2 Å². The van der Waals surface area contributed by atoms with Gasteiger partial charge in [-0.3, -0.25) is 20.2 Å². The number of benzene rings is 2. The van der Waals surface area contributed by atoms with Crippen LogP contribution in [0.4, 0.5) is 11.4 Å². The van der Waals surface area contributed by atoms with Gasteiger partial charge in [0.25, 0.3) is 11.4 Å². The molecule has 0 spiro atoms. The minimum atomic E-state index is -4.55. The molecule has 0 fully saturated rings. The van der Waals surface area contributed by atoms with E-state index in [9.17, 15) is 46.2 Å². The van der Waals surface area contributed by atoms with E-state index in [1.54, 1.807) is 0 Å². The van der Waals surface area contributed by atoms with E-state index in [1.165, 1.54) is 13.8 Å². The van der Waals surface area contributed by atoms with Crippen molar-refractivity contribution < 1.29 is 52.9 Å². The van der Waals surface area contributed by atoms with E-state index in [-0.39, 0.29) is 39.6 Å². The molecule has 0 aliphatic heterocycles. The molecule has 0 bridgehead atoms. The minimum Gasteiger partial charge on any atom is -0.744 e. The molecule has 0 saturated heterocycles. The van der Waals surface area contributed by atoms with Crippen molar-refractivity contribution in [1.82, 2.24) is 0 Å². The molecule has 15 heteroatoms. The van der Waals surface area contributed by atoms with Crippen molar-refractivity contribution >= 4 is 31.6 Å². The van der Waals surface area contributed by atoms with Crippen LogP contribution in [0.15, 0.2) is 46.2 Å². The zero-order valence-corrected chi connectivity index (χ0v) is 17.3. The molecular formula is C14H12FeN2O10S2. The first-order valence-corrected chi connectivity index (χ1v) is 9.88. The molecule has 0 radical (unpaired) electrons. The third-order valence-electron chi connectivity index (χ3n) is 3.28. The summed E-state index contributed by atoms with van der Waals surface area (Å²) in [6.07, 6.45) is 0. The summed E-state index contributed by atoms with van der Waals surface area (Å²) in [4.78, 5) is 18.4. The van der Waals surface area contributed by atoms with Gasteiger partial charge in [0, 0.05) is 24.3 Å². The van der Waals surface area contributed by atoms with Gasteiger partial charge in [-0.25, -0.2) is 16.8 Å². The number of non-ortho nitro benzene ring substituents is 2. The summed E-state index contributed by atoms with van der Waals surface area (Å²) in [7, 11) is -9.10. The fourth-order valence-electron chi connectivity index (χ4n) is 2.06. The minimum absolute atomic E-state index is 0. The smallest absolute Gasteiger partial charge is 0.744 e. The van der Waals surface area contributed by atoms with Gasteiger partial charge in [-0.1, -0.05) is 0 Å². The number of rotatable bonds is 4. The van der Waals surface area contributed by atoms with E-state index in [1.807, 2.05) is 0 Å². The first-order valence-electron chi connectivity index (χ1n) is 7.06. The van der Waals surface area contributed by atoms with E-state index >= 15 is 0 Å². The molecule has 0 aliphatic rings. The molecule has 0 unspecified atom stereocenters. The number of hydrogen-bond donors (Lipinski definition) is 0. The van der Waals surface area contributed by atoms with Gasteiger partial charge < -0.3 is 9.11 Å². The summed E-state index contributed by atoms with van der Waals surface area (Å²) in [6, 6.07) is 5.94. The third kappa shape index (κ3) is 7.49. The predicted octanol–water partition coefficient (Wildman–Crippen LogP) is 1.61. The molecule has 2 aromatic rings. The maximum atomic E-state index is 10.6. The van der Waals surface area contributed by atoms with Crippen molar-refractivity contribution in [2.24, 2.45) is 0 Å². The molecule has 0 amide bonds. The maximum absolute atomic E-state index is 10.6.